The summed E-state index contributed by atoms with van der Waals surface area (Å²) in [6, 6.07) is 0. The SMILES string of the molecule is [AlH3].[H-].[H-].[H-].[H-].[Mg+2].[Mg+2].[SiH4]. The van der Waals surface area contributed by atoms with Gasteiger partial charge in [0, 0.05) is 0 Å². The largest absolute Gasteiger partial charge is 2.00 e. The Morgan fingerprint density at radius 2 is 1.00 bits per heavy atom. The van der Waals surface area contributed by atoms with Gasteiger partial charge in [-0.2, -0.15) is 0 Å². The van der Waals surface area contributed by atoms with Crippen molar-refractivity contribution in [1.29, 1.82) is 0 Å². The van der Waals surface area contributed by atoms with Crippen LogP contribution in [0.25, 0.3) is 0 Å². The Morgan fingerprint density at radius 1 is 1.00 bits per heavy atom. The summed E-state index contributed by atoms with van der Waals surface area (Å²) in [5, 5.41) is 0. The molecule has 0 nitrogen and oxygen atoms in total. The molecule has 0 aliphatic carbocycles. The maximum atomic E-state index is 0. The van der Waals surface area contributed by atoms with E-state index in [0.29, 0.717) is 0 Å². The molecule has 22 valence electrons. The second-order valence-electron chi connectivity index (χ2n) is 0. The first-order chi connectivity index (χ1) is 0. The van der Waals surface area contributed by atoms with Crippen LogP contribution < -0.4 is 0 Å². The third-order valence-electron chi connectivity index (χ3n) is 0. The molecule has 0 aliphatic heterocycles. The molecule has 0 radical (unpaired) electrons. The quantitative estimate of drug-likeness (QED) is 0.296. The normalized spacial score (nSPS) is 0. The number of rotatable bonds is 0. The molecule has 0 bridgehead atoms. The van der Waals surface area contributed by atoms with Crippen molar-refractivity contribution < 1.29 is 5.71 Å². The molecule has 0 aromatic heterocycles. The van der Waals surface area contributed by atoms with Gasteiger partial charge in [0.25, 0.3) is 0 Å². The first-order valence-electron chi connectivity index (χ1n) is 0. The summed E-state index contributed by atoms with van der Waals surface area (Å²) in [4.78, 5) is 0. The molecule has 0 aliphatic rings. The van der Waals surface area contributed by atoms with E-state index in [2.05, 4.69) is 0 Å². The Balaban J connectivity index is 0. The first-order valence-corrected chi connectivity index (χ1v) is 0. The third-order valence-corrected chi connectivity index (χ3v) is 0. The van der Waals surface area contributed by atoms with E-state index in [1.54, 1.807) is 0 Å². The van der Waals surface area contributed by atoms with Gasteiger partial charge in [0.1, 0.15) is 0 Å². The molecule has 0 atom stereocenters. The van der Waals surface area contributed by atoms with E-state index in [4.69, 9.17) is 0 Å². The van der Waals surface area contributed by atoms with Crippen molar-refractivity contribution in [1.82, 2.24) is 0 Å². The van der Waals surface area contributed by atoms with E-state index in [1.165, 1.54) is 0 Å². The molecule has 0 aromatic carbocycles. The number of hydrogen-bond acceptors (Lipinski definition) is 0. The van der Waals surface area contributed by atoms with Crippen LogP contribution in [0.5, 0.6) is 0 Å². The predicted molar refractivity (Wildman–Crippen MR) is 37.2 cm³/mol. The third kappa shape index (κ3) is 8.86. The van der Waals surface area contributed by atoms with Crippen LogP contribution >= 0.6 is 0 Å². The standard InChI is InChI=1S/Al.2Mg.H4Si.7H/h;;;1H4;;;;;;;/q;2*+2;;;;;4*-1. The maximum Gasteiger partial charge on any atom is 2.00 e. The Hall–Kier alpha value is 2.28. The van der Waals surface area contributed by atoms with Crippen LogP contribution in [0.3, 0.4) is 0 Å². The fraction of sp³-hybridized carbons (Fsp3) is 0. The zero-order valence-corrected chi connectivity index (χ0v) is 4.24. The molecule has 0 N–H and O–H groups in total. The summed E-state index contributed by atoms with van der Waals surface area (Å²) in [5.74, 6) is 0. The van der Waals surface area contributed by atoms with Crippen molar-refractivity contribution in [2.24, 2.45) is 0 Å². The minimum atomic E-state index is 0. The van der Waals surface area contributed by atoms with Gasteiger partial charge in [0.2, 0.25) is 0 Å². The molecule has 0 aromatic rings. The second kappa shape index (κ2) is 18.6. The molecule has 0 fully saturated rings. The molecule has 0 heterocycles. The molecule has 4 heteroatoms. The van der Waals surface area contributed by atoms with Crippen molar-refractivity contribution in [3.05, 3.63) is 0 Å². The van der Waals surface area contributed by atoms with Crippen molar-refractivity contribution >= 4 is 74.4 Å². The Bertz CT molecular complexity index is 14.0. The van der Waals surface area contributed by atoms with Gasteiger partial charge in [-0.1, -0.05) is 0 Å². The fourth-order valence-corrected chi connectivity index (χ4v) is 0. The van der Waals surface area contributed by atoms with Crippen LogP contribution in [0, 0.1) is 0 Å². The van der Waals surface area contributed by atoms with Crippen molar-refractivity contribution in [2.75, 3.05) is 0 Å². The van der Waals surface area contributed by atoms with Gasteiger partial charge in [0.05, 0.1) is 0 Å². The Morgan fingerprint density at radius 3 is 1.00 bits per heavy atom. The summed E-state index contributed by atoms with van der Waals surface area (Å²) in [7, 11) is 0. The average Bonchev–Trinajstić information content (AvgIpc) is 0. The van der Waals surface area contributed by atoms with E-state index in [9.17, 15) is 0 Å². The summed E-state index contributed by atoms with van der Waals surface area (Å²) in [6.07, 6.45) is 0. The van der Waals surface area contributed by atoms with E-state index < -0.39 is 0 Å². The van der Waals surface area contributed by atoms with Crippen LogP contribution in [0.15, 0.2) is 0 Å². The molecule has 4 heavy (non-hydrogen) atoms. The van der Waals surface area contributed by atoms with Crippen LogP contribution in [-0.4, -0.2) is 74.4 Å². The van der Waals surface area contributed by atoms with E-state index >= 15 is 0 Å². The molecule has 0 saturated carbocycles. The Labute approximate surface area is 79.5 Å². The predicted octanol–water partition coefficient (Wildman–Crippen LogP) is -2.95. The van der Waals surface area contributed by atoms with Crippen LogP contribution in [-0.2, 0) is 0 Å². The minimum absolute atomic E-state index is 0. The molecule has 0 saturated heterocycles. The molecule has 0 spiro atoms. The average molecular weight is 115 g/mol. The van der Waals surface area contributed by atoms with Gasteiger partial charge in [-0.05, 0) is 11.0 Å². The summed E-state index contributed by atoms with van der Waals surface area (Å²) < 4.78 is 0. The summed E-state index contributed by atoms with van der Waals surface area (Å²) >= 11 is 0. The van der Waals surface area contributed by atoms with Crippen LogP contribution in [0.4, 0.5) is 0 Å². The topological polar surface area (TPSA) is 0 Å². The van der Waals surface area contributed by atoms with Crippen LogP contribution in [0.1, 0.15) is 5.71 Å². The summed E-state index contributed by atoms with van der Waals surface area (Å²) in [5.41, 5.74) is 0. The monoisotopic (exact) mass is 114 g/mol. The van der Waals surface area contributed by atoms with Crippen LogP contribution in [0.2, 0.25) is 0 Å². The van der Waals surface area contributed by atoms with Crippen molar-refractivity contribution in [3.8, 4) is 0 Å². The Kier molecular flexibility index (Phi) is 156. The zero-order chi connectivity index (χ0) is 0. The minimum Gasteiger partial charge on any atom is -1.00 e. The van der Waals surface area contributed by atoms with E-state index in [-0.39, 0.29) is 80.1 Å². The zero-order valence-electron chi connectivity index (χ0n) is 5.41. The molecule has 0 unspecified atom stereocenters. The molecule has 0 rings (SSSR count). The first kappa shape index (κ1) is 33.7. The second-order valence-corrected chi connectivity index (χ2v) is 0. The molecular weight excluding hydrogens is 104 g/mol. The smallest absolute Gasteiger partial charge is 1.00 e. The summed E-state index contributed by atoms with van der Waals surface area (Å²) in [6.45, 7) is 0. The van der Waals surface area contributed by atoms with Gasteiger partial charge >= 0.3 is 46.1 Å². The van der Waals surface area contributed by atoms with E-state index in [0.717, 1.165) is 0 Å². The van der Waals surface area contributed by atoms with Gasteiger partial charge < -0.3 is 5.71 Å². The van der Waals surface area contributed by atoms with Gasteiger partial charge in [-0.25, -0.2) is 0 Å². The maximum absolute atomic E-state index is 0. The van der Waals surface area contributed by atoms with Gasteiger partial charge in [0.15, 0.2) is 17.4 Å². The van der Waals surface area contributed by atoms with Gasteiger partial charge in [-0.15, -0.1) is 0 Å². The molecular formula is H11AlMg2Si. The molecule has 0 amide bonds. The van der Waals surface area contributed by atoms with Crippen molar-refractivity contribution in [3.63, 3.8) is 0 Å². The van der Waals surface area contributed by atoms with Gasteiger partial charge in [-0.3, -0.25) is 0 Å². The van der Waals surface area contributed by atoms with Crippen molar-refractivity contribution in [2.45, 2.75) is 0 Å². The van der Waals surface area contributed by atoms with E-state index in [1.807, 2.05) is 0 Å². The fourth-order valence-electron chi connectivity index (χ4n) is 0. The number of hydrogen-bond donors (Lipinski definition) is 0.